The molecule has 3 atom stereocenters. The largest absolute Gasteiger partial charge is 0.315 e. The number of nitrogens with one attached hydrogen (secondary N) is 1. The molecular weight excluding hydrogens is 232 g/mol. The lowest BCUT2D eigenvalue weighted by atomic mass is 9.72. The molecule has 1 aliphatic carbocycles. The molecule has 112 valence electrons. The van der Waals surface area contributed by atoms with E-state index in [1.807, 2.05) is 0 Å². The van der Waals surface area contributed by atoms with Crippen molar-refractivity contribution >= 4 is 0 Å². The third-order valence-electron chi connectivity index (χ3n) is 5.64. The fraction of sp³-hybridized carbons (Fsp3) is 1.00. The van der Waals surface area contributed by atoms with Crippen LogP contribution in [0.2, 0.25) is 0 Å². The second-order valence-corrected chi connectivity index (χ2v) is 8.72. The van der Waals surface area contributed by atoms with Gasteiger partial charge in [0.15, 0.2) is 0 Å². The fourth-order valence-electron chi connectivity index (χ4n) is 4.06. The van der Waals surface area contributed by atoms with Crippen molar-refractivity contribution in [3.05, 3.63) is 0 Å². The molecule has 1 N–H and O–H groups in total. The molecule has 2 heteroatoms. The molecule has 0 aromatic carbocycles. The molecule has 3 unspecified atom stereocenters. The van der Waals surface area contributed by atoms with Crippen LogP contribution >= 0.6 is 0 Å². The maximum absolute atomic E-state index is 3.58. The average Bonchev–Trinajstić information content (AvgIpc) is 2.76. The Morgan fingerprint density at radius 3 is 2.37 bits per heavy atom. The second kappa shape index (κ2) is 5.37. The molecule has 1 heterocycles. The molecule has 19 heavy (non-hydrogen) atoms. The Bertz CT molecular complexity index is 303. The van der Waals surface area contributed by atoms with Gasteiger partial charge in [-0.2, -0.15) is 0 Å². The van der Waals surface area contributed by atoms with Gasteiger partial charge in [-0.3, -0.25) is 4.90 Å². The van der Waals surface area contributed by atoms with Crippen LogP contribution < -0.4 is 5.32 Å². The van der Waals surface area contributed by atoms with Gasteiger partial charge in [0.1, 0.15) is 0 Å². The predicted octanol–water partition coefficient (Wildman–Crippen LogP) is 3.52. The molecular formula is C17H34N2. The van der Waals surface area contributed by atoms with Crippen LogP contribution in [0.25, 0.3) is 0 Å². The van der Waals surface area contributed by atoms with Gasteiger partial charge in [0.2, 0.25) is 0 Å². The summed E-state index contributed by atoms with van der Waals surface area (Å²) in [6.07, 6.45) is 5.45. The van der Waals surface area contributed by atoms with Gasteiger partial charge in [-0.05, 0) is 56.0 Å². The third kappa shape index (κ3) is 3.52. The van der Waals surface area contributed by atoms with Crippen LogP contribution in [0.15, 0.2) is 0 Å². The maximum atomic E-state index is 3.58. The average molecular weight is 266 g/mol. The normalized spacial score (nSPS) is 36.6. The first kappa shape index (κ1) is 15.3. The van der Waals surface area contributed by atoms with Gasteiger partial charge in [0.05, 0.1) is 0 Å². The summed E-state index contributed by atoms with van der Waals surface area (Å²) in [4.78, 5) is 2.79. The van der Waals surface area contributed by atoms with Gasteiger partial charge in [-0.25, -0.2) is 0 Å². The van der Waals surface area contributed by atoms with Crippen molar-refractivity contribution < 1.29 is 0 Å². The molecule has 0 aromatic rings. The molecule has 1 saturated carbocycles. The molecule has 2 rings (SSSR count). The zero-order valence-electron chi connectivity index (χ0n) is 13.9. The van der Waals surface area contributed by atoms with E-state index in [9.17, 15) is 0 Å². The monoisotopic (exact) mass is 266 g/mol. The van der Waals surface area contributed by atoms with E-state index in [1.54, 1.807) is 0 Å². The summed E-state index contributed by atoms with van der Waals surface area (Å²) < 4.78 is 0. The minimum absolute atomic E-state index is 0.466. The van der Waals surface area contributed by atoms with Crippen molar-refractivity contribution in [2.45, 2.75) is 72.4 Å². The van der Waals surface area contributed by atoms with Crippen LogP contribution in [0.3, 0.4) is 0 Å². The minimum atomic E-state index is 0.466. The predicted molar refractivity (Wildman–Crippen MR) is 83.4 cm³/mol. The Labute approximate surface area is 120 Å². The van der Waals surface area contributed by atoms with E-state index in [-0.39, 0.29) is 0 Å². The molecule has 0 radical (unpaired) electrons. The van der Waals surface area contributed by atoms with Crippen LogP contribution in [0.5, 0.6) is 0 Å². The lowest BCUT2D eigenvalue weighted by Gasteiger charge is -2.45. The summed E-state index contributed by atoms with van der Waals surface area (Å²) in [5.41, 5.74) is 0.992. The van der Waals surface area contributed by atoms with Crippen LogP contribution in [-0.2, 0) is 0 Å². The van der Waals surface area contributed by atoms with E-state index in [2.05, 4.69) is 51.9 Å². The summed E-state index contributed by atoms with van der Waals surface area (Å²) in [5.74, 6) is 0.870. The number of hydrogen-bond acceptors (Lipinski definition) is 2. The Hall–Kier alpha value is -0.0800. The first-order valence-electron chi connectivity index (χ1n) is 8.14. The number of likely N-dealkylation sites (tertiary alicyclic amines) is 1. The highest BCUT2D eigenvalue weighted by Gasteiger charge is 2.41. The van der Waals surface area contributed by atoms with Crippen molar-refractivity contribution in [1.82, 2.24) is 10.2 Å². The fourth-order valence-corrected chi connectivity index (χ4v) is 4.06. The van der Waals surface area contributed by atoms with Gasteiger partial charge in [-0.15, -0.1) is 0 Å². The molecule has 2 aliphatic rings. The molecule has 1 saturated heterocycles. The van der Waals surface area contributed by atoms with Crippen molar-refractivity contribution in [2.24, 2.45) is 16.7 Å². The summed E-state index contributed by atoms with van der Waals surface area (Å²) in [6.45, 7) is 14.7. The van der Waals surface area contributed by atoms with Gasteiger partial charge in [-0.1, -0.05) is 34.6 Å². The van der Waals surface area contributed by atoms with E-state index in [0.29, 0.717) is 16.9 Å². The highest BCUT2D eigenvalue weighted by molar-refractivity contribution is 4.97. The van der Waals surface area contributed by atoms with Crippen LogP contribution in [0.4, 0.5) is 0 Å². The van der Waals surface area contributed by atoms with Crippen LogP contribution in [0.1, 0.15) is 60.3 Å². The zero-order chi connectivity index (χ0) is 14.3. The highest BCUT2D eigenvalue weighted by atomic mass is 15.2. The second-order valence-electron chi connectivity index (χ2n) is 8.72. The maximum Gasteiger partial charge on any atom is 0.0254 e. The van der Waals surface area contributed by atoms with Gasteiger partial charge in [0, 0.05) is 18.6 Å². The Morgan fingerprint density at radius 2 is 1.84 bits per heavy atom. The minimum Gasteiger partial charge on any atom is -0.315 e. The molecule has 1 aliphatic heterocycles. The Balaban J connectivity index is 2.03. The summed E-state index contributed by atoms with van der Waals surface area (Å²) in [5, 5.41) is 3.58. The summed E-state index contributed by atoms with van der Waals surface area (Å²) in [6, 6.07) is 1.45. The van der Waals surface area contributed by atoms with Crippen molar-refractivity contribution in [3.63, 3.8) is 0 Å². The topological polar surface area (TPSA) is 15.3 Å². The zero-order valence-corrected chi connectivity index (χ0v) is 13.9. The van der Waals surface area contributed by atoms with E-state index in [0.717, 1.165) is 12.0 Å². The lowest BCUT2D eigenvalue weighted by Crippen LogP contribution is -2.53. The van der Waals surface area contributed by atoms with E-state index in [1.165, 1.54) is 38.8 Å². The number of nitrogens with zero attached hydrogens (tertiary/aromatic N) is 1. The molecule has 2 fully saturated rings. The van der Waals surface area contributed by atoms with Gasteiger partial charge >= 0.3 is 0 Å². The van der Waals surface area contributed by atoms with Crippen LogP contribution in [0, 0.1) is 16.7 Å². The van der Waals surface area contributed by atoms with E-state index >= 15 is 0 Å². The van der Waals surface area contributed by atoms with Gasteiger partial charge in [0.25, 0.3) is 0 Å². The van der Waals surface area contributed by atoms with Crippen LogP contribution in [-0.4, -0.2) is 37.1 Å². The number of hydrogen-bond donors (Lipinski definition) is 1. The third-order valence-corrected chi connectivity index (χ3v) is 5.64. The quantitative estimate of drug-likeness (QED) is 0.822. The smallest absolute Gasteiger partial charge is 0.0254 e. The van der Waals surface area contributed by atoms with E-state index < -0.39 is 0 Å². The SMILES string of the molecule is CNC1CCC(C)(C)CC1N1CCC(C(C)(C)C)C1. The Kier molecular flexibility index (Phi) is 4.32. The summed E-state index contributed by atoms with van der Waals surface area (Å²) >= 11 is 0. The van der Waals surface area contributed by atoms with E-state index in [4.69, 9.17) is 0 Å². The molecule has 2 nitrogen and oxygen atoms in total. The molecule has 0 spiro atoms. The lowest BCUT2D eigenvalue weighted by molar-refractivity contribution is 0.0761. The molecule has 0 amide bonds. The first-order valence-corrected chi connectivity index (χ1v) is 8.14. The van der Waals surface area contributed by atoms with Crippen molar-refractivity contribution in [3.8, 4) is 0 Å². The number of rotatable bonds is 2. The van der Waals surface area contributed by atoms with Crippen molar-refractivity contribution in [2.75, 3.05) is 20.1 Å². The van der Waals surface area contributed by atoms with Crippen molar-refractivity contribution in [1.29, 1.82) is 0 Å². The van der Waals surface area contributed by atoms with Gasteiger partial charge < -0.3 is 5.32 Å². The number of likely N-dealkylation sites (N-methyl/N-ethyl adjacent to an activating group) is 1. The Morgan fingerprint density at radius 1 is 1.16 bits per heavy atom. The highest BCUT2D eigenvalue weighted by Crippen LogP contribution is 2.41. The standard InChI is InChI=1S/C17H34N2/c1-16(2,3)13-8-10-19(12-13)15-11-17(4,5)9-7-14(15)18-6/h13-15,18H,7-12H2,1-6H3. The molecule has 0 bridgehead atoms. The molecule has 0 aromatic heterocycles. The summed E-state index contributed by atoms with van der Waals surface area (Å²) in [7, 11) is 2.15. The first-order chi connectivity index (χ1) is 8.73.